The molecule has 1 saturated carbocycles. The van der Waals surface area contributed by atoms with E-state index in [0.29, 0.717) is 0 Å². The number of nitrogen functional groups attached to an aromatic ring is 1. The molecule has 0 unspecified atom stereocenters. The van der Waals surface area contributed by atoms with Crippen LogP contribution >= 0.6 is 23.2 Å². The SMILES string of the molecule is CC.CC(=O)[C@]1(C)C(Cl)(Cl)[C@@]1(C)c1cc(C)cc(C)c1.Cc1ccc(NC(=O)c2cc(N)ccc2F)c(F)c1. The number of carbonyl (C=O) groups is 2. The number of ketones is 1. The highest BCUT2D eigenvalue weighted by molar-refractivity contribution is 6.55. The fourth-order valence-electron chi connectivity index (χ4n) is 4.73. The second kappa shape index (κ2) is 12.1. The zero-order valence-electron chi connectivity index (χ0n) is 23.6. The van der Waals surface area contributed by atoms with E-state index >= 15 is 0 Å². The lowest BCUT2D eigenvalue weighted by Crippen LogP contribution is -2.19. The van der Waals surface area contributed by atoms with Crippen LogP contribution in [0.3, 0.4) is 0 Å². The van der Waals surface area contributed by atoms with Crippen LogP contribution in [0.25, 0.3) is 0 Å². The standard InChI is InChI=1S/C15H18Cl2O.C14H12F2N2O.C2H6/c1-9-6-10(2)8-12(7-9)14(5)13(4,11(3)18)15(14,16)17;1-8-2-5-13(12(16)6-8)18-14(19)10-7-9(17)3-4-11(10)15;1-2/h6-8H,1-5H3;2-7H,17H2,1H3,(H,18,19);1-2H3/t13-,14-;;/m0../s1. The van der Waals surface area contributed by atoms with Crippen LogP contribution in [-0.4, -0.2) is 16.0 Å². The minimum atomic E-state index is -1.04. The van der Waals surface area contributed by atoms with Gasteiger partial charge in [-0.05, 0) is 76.1 Å². The van der Waals surface area contributed by atoms with E-state index in [0.717, 1.165) is 28.3 Å². The highest BCUT2D eigenvalue weighted by atomic mass is 35.5. The summed E-state index contributed by atoms with van der Waals surface area (Å²) in [7, 11) is 0. The molecule has 0 aliphatic heterocycles. The predicted octanol–water partition coefficient (Wildman–Crippen LogP) is 8.48. The summed E-state index contributed by atoms with van der Waals surface area (Å²) in [4.78, 5) is 23.8. The largest absolute Gasteiger partial charge is 0.399 e. The van der Waals surface area contributed by atoms with Crippen LogP contribution in [0.2, 0.25) is 0 Å². The van der Waals surface area contributed by atoms with Gasteiger partial charge < -0.3 is 11.1 Å². The fraction of sp³-hybridized carbons (Fsp3) is 0.355. The molecule has 3 aromatic carbocycles. The second-order valence-electron chi connectivity index (χ2n) is 9.93. The number of halogens is 4. The molecule has 4 rings (SSSR count). The van der Waals surface area contributed by atoms with Gasteiger partial charge >= 0.3 is 0 Å². The Balaban J connectivity index is 0.000000258. The Morgan fingerprint density at radius 2 is 1.38 bits per heavy atom. The summed E-state index contributed by atoms with van der Waals surface area (Å²) in [6.07, 6.45) is 0. The van der Waals surface area contributed by atoms with Crippen molar-refractivity contribution in [3.63, 3.8) is 0 Å². The summed E-state index contributed by atoms with van der Waals surface area (Å²) >= 11 is 12.9. The van der Waals surface area contributed by atoms with Gasteiger partial charge in [-0.15, -0.1) is 0 Å². The number of Topliss-reactive ketones (excluding diaryl/α,β-unsaturated/α-hetero) is 1. The summed E-state index contributed by atoms with van der Waals surface area (Å²) < 4.78 is 26.0. The number of hydrogen-bond donors (Lipinski definition) is 2. The van der Waals surface area contributed by atoms with Crippen molar-refractivity contribution >= 4 is 46.3 Å². The maximum atomic E-state index is 13.6. The third-order valence-electron chi connectivity index (χ3n) is 7.30. The molecule has 0 spiro atoms. The fourth-order valence-corrected chi connectivity index (χ4v) is 5.88. The van der Waals surface area contributed by atoms with Gasteiger partial charge in [0.2, 0.25) is 0 Å². The van der Waals surface area contributed by atoms with Gasteiger partial charge in [-0.25, -0.2) is 8.78 Å². The number of amides is 1. The van der Waals surface area contributed by atoms with E-state index in [2.05, 4.69) is 23.5 Å². The predicted molar refractivity (Wildman–Crippen MR) is 158 cm³/mol. The van der Waals surface area contributed by atoms with E-state index in [1.54, 1.807) is 19.9 Å². The van der Waals surface area contributed by atoms with E-state index in [-0.39, 0.29) is 22.7 Å². The summed E-state index contributed by atoms with van der Waals surface area (Å²) in [6, 6.07) is 14.2. The first-order valence-electron chi connectivity index (χ1n) is 12.7. The highest BCUT2D eigenvalue weighted by Crippen LogP contribution is 2.78. The van der Waals surface area contributed by atoms with Gasteiger partial charge in [-0.2, -0.15) is 0 Å². The quantitative estimate of drug-likeness (QED) is 0.241. The molecule has 2 atom stereocenters. The van der Waals surface area contributed by atoms with Gasteiger partial charge in [-0.3, -0.25) is 9.59 Å². The van der Waals surface area contributed by atoms with E-state index in [9.17, 15) is 18.4 Å². The normalized spacial score (nSPS) is 20.5. The topological polar surface area (TPSA) is 72.2 Å². The van der Waals surface area contributed by atoms with Gasteiger partial charge in [0, 0.05) is 11.1 Å². The van der Waals surface area contributed by atoms with Crippen LogP contribution in [0, 0.1) is 37.8 Å². The minimum Gasteiger partial charge on any atom is -0.399 e. The molecule has 1 aliphatic carbocycles. The molecule has 1 fully saturated rings. The number of carbonyl (C=O) groups excluding carboxylic acids is 2. The van der Waals surface area contributed by atoms with Crippen LogP contribution in [0.15, 0.2) is 54.6 Å². The molecule has 3 aromatic rings. The average molecular weight is 578 g/mol. The summed E-state index contributed by atoms with van der Waals surface area (Å²) in [5.74, 6) is -1.99. The van der Waals surface area contributed by atoms with Gasteiger partial charge in [0.15, 0.2) is 0 Å². The van der Waals surface area contributed by atoms with Crippen molar-refractivity contribution in [3.8, 4) is 0 Å². The molecule has 0 radical (unpaired) electrons. The number of nitrogens with one attached hydrogen (secondary N) is 1. The Morgan fingerprint density at radius 3 is 1.87 bits per heavy atom. The van der Waals surface area contributed by atoms with Crippen molar-refractivity contribution in [2.75, 3.05) is 11.1 Å². The van der Waals surface area contributed by atoms with Crippen LogP contribution < -0.4 is 11.1 Å². The summed E-state index contributed by atoms with van der Waals surface area (Å²) in [5, 5.41) is 2.31. The first-order chi connectivity index (χ1) is 18.1. The average Bonchev–Trinajstić information content (AvgIpc) is 3.24. The third kappa shape index (κ3) is 5.97. The minimum absolute atomic E-state index is 0.00238. The van der Waals surface area contributed by atoms with Gasteiger partial charge in [0.25, 0.3) is 5.91 Å². The number of rotatable bonds is 4. The lowest BCUT2D eigenvalue weighted by atomic mass is 9.85. The first kappa shape index (κ1) is 32.3. The van der Waals surface area contributed by atoms with E-state index in [1.165, 1.54) is 24.3 Å². The third-order valence-corrected chi connectivity index (χ3v) is 8.82. The smallest absolute Gasteiger partial charge is 0.258 e. The summed E-state index contributed by atoms with van der Waals surface area (Å²) in [5.41, 5.74) is 8.37. The number of hydrogen-bond acceptors (Lipinski definition) is 3. The second-order valence-corrected chi connectivity index (χ2v) is 11.3. The molecule has 0 saturated heterocycles. The van der Waals surface area contributed by atoms with E-state index < -0.39 is 32.7 Å². The monoisotopic (exact) mass is 576 g/mol. The molecular weight excluding hydrogens is 541 g/mol. The van der Waals surface area contributed by atoms with Gasteiger partial charge in [-0.1, -0.05) is 79.4 Å². The molecule has 39 heavy (non-hydrogen) atoms. The lowest BCUT2D eigenvalue weighted by Gasteiger charge is -2.17. The van der Waals surface area contributed by atoms with Crippen LogP contribution in [0.5, 0.6) is 0 Å². The van der Waals surface area contributed by atoms with E-state index in [4.69, 9.17) is 28.9 Å². The number of nitrogens with two attached hydrogens (primary N) is 1. The maximum absolute atomic E-state index is 13.6. The van der Waals surface area contributed by atoms with Gasteiger partial charge in [0.1, 0.15) is 21.8 Å². The zero-order valence-corrected chi connectivity index (χ0v) is 25.1. The molecule has 1 aliphatic rings. The molecule has 0 aromatic heterocycles. The number of alkyl halides is 2. The molecule has 4 nitrogen and oxygen atoms in total. The van der Waals surface area contributed by atoms with Crippen molar-refractivity contribution in [3.05, 3.63) is 94.0 Å². The molecule has 1 amide bonds. The molecule has 0 bridgehead atoms. The highest BCUT2D eigenvalue weighted by Gasteiger charge is 2.84. The van der Waals surface area contributed by atoms with Crippen LogP contribution in [0.4, 0.5) is 20.2 Å². The van der Waals surface area contributed by atoms with Crippen molar-refractivity contribution in [1.82, 2.24) is 0 Å². The zero-order chi connectivity index (χ0) is 29.9. The Morgan fingerprint density at radius 1 is 0.821 bits per heavy atom. The van der Waals surface area contributed by atoms with Crippen molar-refractivity contribution < 1.29 is 18.4 Å². The lowest BCUT2D eigenvalue weighted by molar-refractivity contribution is -0.122. The van der Waals surface area contributed by atoms with Gasteiger partial charge in [0.05, 0.1) is 16.7 Å². The number of benzene rings is 3. The number of anilines is 2. The molecular formula is C31H36Cl2F2N2O2. The molecule has 210 valence electrons. The van der Waals surface area contributed by atoms with Crippen molar-refractivity contribution in [1.29, 1.82) is 0 Å². The Labute approximate surface area is 239 Å². The molecule has 3 N–H and O–H groups in total. The Hall–Kier alpha value is -2.96. The first-order valence-corrected chi connectivity index (χ1v) is 13.4. The summed E-state index contributed by atoms with van der Waals surface area (Å²) in [6.45, 7) is 15.2. The number of aryl methyl sites for hydroxylation is 3. The maximum Gasteiger partial charge on any atom is 0.258 e. The Kier molecular flexibility index (Phi) is 9.97. The molecule has 0 heterocycles. The van der Waals surface area contributed by atoms with Crippen molar-refractivity contribution in [2.24, 2.45) is 5.41 Å². The van der Waals surface area contributed by atoms with Crippen LogP contribution in [0.1, 0.15) is 67.2 Å². The Bertz CT molecular complexity index is 1370. The van der Waals surface area contributed by atoms with E-state index in [1.807, 2.05) is 41.5 Å². The van der Waals surface area contributed by atoms with Crippen molar-refractivity contribution in [2.45, 2.75) is 65.1 Å². The molecule has 8 heteroatoms. The van der Waals surface area contributed by atoms with Crippen LogP contribution in [-0.2, 0) is 10.2 Å².